The molecule has 0 amide bonds. The standard InChI is InChI=1S/C20H26N2O3/c1-13-10-21-17(14(2)19(13)23)12-22-9-8-15(11-22)16-6-5-7-18(24-3)20(16)25-4/h5-7,10,15H,8-9,11-12H2,1-4H3,(H,21,23). The molecule has 1 aliphatic rings. The van der Waals surface area contributed by atoms with Gasteiger partial charge in [0, 0.05) is 47.6 Å². The summed E-state index contributed by atoms with van der Waals surface area (Å²) in [7, 11) is 3.35. The van der Waals surface area contributed by atoms with Gasteiger partial charge >= 0.3 is 0 Å². The number of hydrogen-bond donors (Lipinski definition) is 1. The van der Waals surface area contributed by atoms with Crippen molar-refractivity contribution in [1.29, 1.82) is 0 Å². The van der Waals surface area contributed by atoms with Crippen molar-refractivity contribution < 1.29 is 9.47 Å². The number of nitrogens with one attached hydrogen (secondary N) is 1. The summed E-state index contributed by atoms with van der Waals surface area (Å²) in [5.74, 6) is 2.01. The van der Waals surface area contributed by atoms with E-state index in [-0.39, 0.29) is 5.43 Å². The molecule has 0 aliphatic carbocycles. The Bertz CT molecular complexity index is 813. The van der Waals surface area contributed by atoms with Gasteiger partial charge in [-0.1, -0.05) is 12.1 Å². The number of aryl methyl sites for hydroxylation is 1. The van der Waals surface area contributed by atoms with Gasteiger partial charge < -0.3 is 14.5 Å². The van der Waals surface area contributed by atoms with Crippen LogP contribution in [-0.2, 0) is 6.54 Å². The minimum atomic E-state index is 0.138. The molecule has 0 saturated carbocycles. The van der Waals surface area contributed by atoms with E-state index in [1.807, 2.05) is 32.2 Å². The molecule has 1 unspecified atom stereocenters. The van der Waals surface area contributed by atoms with Crippen molar-refractivity contribution in [2.75, 3.05) is 27.3 Å². The Morgan fingerprint density at radius 3 is 2.76 bits per heavy atom. The van der Waals surface area contributed by atoms with Gasteiger partial charge in [-0.05, 0) is 32.9 Å². The molecule has 134 valence electrons. The zero-order chi connectivity index (χ0) is 18.0. The van der Waals surface area contributed by atoms with Gasteiger partial charge in [0.15, 0.2) is 16.9 Å². The molecule has 1 aromatic carbocycles. The fourth-order valence-corrected chi connectivity index (χ4v) is 3.65. The van der Waals surface area contributed by atoms with Crippen LogP contribution in [0.5, 0.6) is 11.5 Å². The van der Waals surface area contributed by atoms with Gasteiger partial charge in [0.2, 0.25) is 0 Å². The average Bonchev–Trinajstić information content (AvgIpc) is 3.09. The highest BCUT2D eigenvalue weighted by atomic mass is 16.5. The lowest BCUT2D eigenvalue weighted by Crippen LogP contribution is -2.23. The predicted octanol–water partition coefficient (Wildman–Crippen LogP) is 3.00. The van der Waals surface area contributed by atoms with E-state index in [1.165, 1.54) is 5.56 Å². The predicted molar refractivity (Wildman–Crippen MR) is 98.7 cm³/mol. The van der Waals surface area contributed by atoms with E-state index in [0.29, 0.717) is 5.92 Å². The second kappa shape index (κ2) is 7.31. The van der Waals surface area contributed by atoms with Gasteiger partial charge in [-0.25, -0.2) is 0 Å². The zero-order valence-corrected chi connectivity index (χ0v) is 15.4. The molecule has 0 radical (unpaired) electrons. The Kier molecular flexibility index (Phi) is 5.13. The van der Waals surface area contributed by atoms with Crippen LogP contribution in [0.4, 0.5) is 0 Å². The summed E-state index contributed by atoms with van der Waals surface area (Å²) < 4.78 is 11.0. The lowest BCUT2D eigenvalue weighted by atomic mass is 9.97. The molecule has 1 aliphatic heterocycles. The van der Waals surface area contributed by atoms with E-state index in [2.05, 4.69) is 16.0 Å². The van der Waals surface area contributed by atoms with Crippen LogP contribution in [0, 0.1) is 13.8 Å². The van der Waals surface area contributed by atoms with Crippen molar-refractivity contribution in [1.82, 2.24) is 9.88 Å². The van der Waals surface area contributed by atoms with E-state index in [9.17, 15) is 4.79 Å². The molecule has 2 heterocycles. The van der Waals surface area contributed by atoms with Gasteiger partial charge in [0.1, 0.15) is 0 Å². The van der Waals surface area contributed by atoms with Crippen molar-refractivity contribution in [2.45, 2.75) is 32.7 Å². The fraction of sp³-hybridized carbons (Fsp3) is 0.450. The minimum Gasteiger partial charge on any atom is -0.493 e. The second-order valence-electron chi connectivity index (χ2n) is 6.71. The topological polar surface area (TPSA) is 54.6 Å². The molecular weight excluding hydrogens is 316 g/mol. The monoisotopic (exact) mass is 342 g/mol. The summed E-state index contributed by atoms with van der Waals surface area (Å²) in [5.41, 5.74) is 3.93. The number of nitrogens with zero attached hydrogens (tertiary/aromatic N) is 1. The molecular formula is C20H26N2O3. The summed E-state index contributed by atoms with van der Waals surface area (Å²) in [4.78, 5) is 17.8. The maximum Gasteiger partial charge on any atom is 0.187 e. The van der Waals surface area contributed by atoms with Crippen LogP contribution in [0.1, 0.15) is 34.7 Å². The average molecular weight is 342 g/mol. The van der Waals surface area contributed by atoms with E-state index in [1.54, 1.807) is 14.2 Å². The van der Waals surface area contributed by atoms with Gasteiger partial charge in [-0.2, -0.15) is 0 Å². The minimum absolute atomic E-state index is 0.138. The first-order chi connectivity index (χ1) is 12.0. The Balaban J connectivity index is 1.77. The number of benzene rings is 1. The lowest BCUT2D eigenvalue weighted by Gasteiger charge is -2.19. The van der Waals surface area contributed by atoms with Crippen LogP contribution in [-0.4, -0.2) is 37.2 Å². The molecule has 5 nitrogen and oxygen atoms in total. The van der Waals surface area contributed by atoms with Gasteiger partial charge in [0.25, 0.3) is 0 Å². The van der Waals surface area contributed by atoms with Gasteiger partial charge in [-0.15, -0.1) is 0 Å². The van der Waals surface area contributed by atoms with Crippen LogP contribution in [0.2, 0.25) is 0 Å². The van der Waals surface area contributed by atoms with Crippen LogP contribution >= 0.6 is 0 Å². The molecule has 1 fully saturated rings. The fourth-order valence-electron chi connectivity index (χ4n) is 3.65. The second-order valence-corrected chi connectivity index (χ2v) is 6.71. The smallest absolute Gasteiger partial charge is 0.187 e. The first kappa shape index (κ1) is 17.5. The van der Waals surface area contributed by atoms with Crippen molar-refractivity contribution in [3.63, 3.8) is 0 Å². The first-order valence-electron chi connectivity index (χ1n) is 8.66. The SMILES string of the molecule is COc1cccc(C2CCN(Cc3[nH]cc(C)c(=O)c3C)C2)c1OC. The Labute approximate surface area is 148 Å². The van der Waals surface area contributed by atoms with Crippen molar-refractivity contribution >= 4 is 0 Å². The quantitative estimate of drug-likeness (QED) is 0.907. The highest BCUT2D eigenvalue weighted by Gasteiger charge is 2.27. The summed E-state index contributed by atoms with van der Waals surface area (Å²) in [5, 5.41) is 0. The zero-order valence-electron chi connectivity index (χ0n) is 15.4. The Morgan fingerprint density at radius 2 is 2.04 bits per heavy atom. The third kappa shape index (κ3) is 3.42. The Morgan fingerprint density at radius 1 is 1.24 bits per heavy atom. The number of rotatable bonds is 5. The molecule has 1 N–H and O–H groups in total. The van der Waals surface area contributed by atoms with E-state index in [0.717, 1.165) is 54.4 Å². The number of aromatic amines is 1. The highest BCUT2D eigenvalue weighted by Crippen LogP contribution is 2.39. The molecule has 1 saturated heterocycles. The largest absolute Gasteiger partial charge is 0.493 e. The molecule has 3 rings (SSSR count). The summed E-state index contributed by atoms with van der Waals surface area (Å²) in [6.07, 6.45) is 2.88. The lowest BCUT2D eigenvalue weighted by molar-refractivity contribution is 0.318. The first-order valence-corrected chi connectivity index (χ1v) is 8.66. The number of pyridine rings is 1. The number of para-hydroxylation sites is 1. The van der Waals surface area contributed by atoms with E-state index in [4.69, 9.17) is 9.47 Å². The molecule has 25 heavy (non-hydrogen) atoms. The van der Waals surface area contributed by atoms with Crippen LogP contribution in [0.15, 0.2) is 29.2 Å². The molecule has 2 aromatic rings. The Hall–Kier alpha value is -2.27. The van der Waals surface area contributed by atoms with E-state index >= 15 is 0 Å². The number of methoxy groups -OCH3 is 2. The van der Waals surface area contributed by atoms with E-state index < -0.39 is 0 Å². The maximum atomic E-state index is 12.1. The summed E-state index contributed by atoms with van der Waals surface area (Å²) in [6.45, 7) is 6.46. The van der Waals surface area contributed by atoms with Gasteiger partial charge in [0.05, 0.1) is 14.2 Å². The number of likely N-dealkylation sites (tertiary alicyclic amines) is 1. The molecule has 1 aromatic heterocycles. The highest BCUT2D eigenvalue weighted by molar-refractivity contribution is 5.48. The normalized spacial score (nSPS) is 17.7. The third-order valence-corrected chi connectivity index (χ3v) is 5.14. The number of H-pyrrole nitrogens is 1. The van der Waals surface area contributed by atoms with Crippen molar-refractivity contribution in [3.05, 3.63) is 57.0 Å². The van der Waals surface area contributed by atoms with Crippen LogP contribution in [0.25, 0.3) is 0 Å². The third-order valence-electron chi connectivity index (χ3n) is 5.14. The molecule has 1 atom stereocenters. The summed E-state index contributed by atoms with van der Waals surface area (Å²) in [6, 6.07) is 6.06. The molecule has 0 spiro atoms. The van der Waals surface area contributed by atoms with Gasteiger partial charge in [-0.3, -0.25) is 9.69 Å². The molecule has 5 heteroatoms. The number of hydrogen-bond acceptors (Lipinski definition) is 4. The van der Waals surface area contributed by atoms with Crippen LogP contribution < -0.4 is 14.9 Å². The van der Waals surface area contributed by atoms with Crippen molar-refractivity contribution in [3.8, 4) is 11.5 Å². The number of aromatic nitrogens is 1. The molecule has 0 bridgehead atoms. The van der Waals surface area contributed by atoms with Crippen molar-refractivity contribution in [2.24, 2.45) is 0 Å². The summed E-state index contributed by atoms with van der Waals surface area (Å²) >= 11 is 0. The number of ether oxygens (including phenoxy) is 2. The van der Waals surface area contributed by atoms with Crippen LogP contribution in [0.3, 0.4) is 0 Å². The maximum absolute atomic E-state index is 12.1.